The van der Waals surface area contributed by atoms with E-state index >= 15 is 0 Å². The number of aromatic hydroxyl groups is 3. The molecular weight excluding hydrogens is 412 g/mol. The second kappa shape index (κ2) is 8.73. The first kappa shape index (κ1) is 23.4. The van der Waals surface area contributed by atoms with Gasteiger partial charge in [0.2, 0.25) is 0 Å². The van der Waals surface area contributed by atoms with E-state index in [1.54, 1.807) is 27.7 Å². The number of ether oxygens (including phenoxy) is 1. The van der Waals surface area contributed by atoms with Crippen molar-refractivity contribution in [3.8, 4) is 23.0 Å². The number of phenolic OH excluding ortho intramolecular Hbond substituents is 2. The topological polar surface area (TPSA) is 117 Å². The van der Waals surface area contributed by atoms with Crippen LogP contribution >= 0.6 is 0 Å². The first-order valence-electron chi connectivity index (χ1n) is 10.8. The van der Waals surface area contributed by atoms with Crippen molar-refractivity contribution in [3.63, 3.8) is 0 Å². The van der Waals surface area contributed by atoms with Gasteiger partial charge in [0.1, 0.15) is 40.4 Å². The van der Waals surface area contributed by atoms with Gasteiger partial charge in [0.05, 0.1) is 5.56 Å². The number of fused-ring (bicyclic) bond motifs is 1. The lowest BCUT2D eigenvalue weighted by atomic mass is 9.89. The van der Waals surface area contributed by atoms with Crippen LogP contribution in [0.15, 0.2) is 21.4 Å². The molecule has 2 heterocycles. The number of hydrogen-bond acceptors (Lipinski definition) is 7. The molecule has 0 saturated heterocycles. The van der Waals surface area contributed by atoms with Crippen LogP contribution in [0.1, 0.15) is 72.5 Å². The van der Waals surface area contributed by atoms with Gasteiger partial charge in [-0.15, -0.1) is 0 Å². The summed E-state index contributed by atoms with van der Waals surface area (Å²) in [5.41, 5.74) is 0.627. The average Bonchev–Trinajstić information content (AvgIpc) is 3.20. The Morgan fingerprint density at radius 3 is 2.38 bits per heavy atom. The second-order valence-electron chi connectivity index (χ2n) is 8.48. The van der Waals surface area contributed by atoms with E-state index in [9.17, 15) is 24.9 Å². The zero-order chi connectivity index (χ0) is 23.9. The van der Waals surface area contributed by atoms with Crippen LogP contribution in [-0.4, -0.2) is 27.2 Å². The molecule has 3 N–H and O–H groups in total. The molecule has 2 aromatic rings. The fourth-order valence-electron chi connectivity index (χ4n) is 3.98. The van der Waals surface area contributed by atoms with E-state index in [2.05, 4.69) is 6.58 Å². The molecule has 7 heteroatoms. The van der Waals surface area contributed by atoms with Crippen LogP contribution in [0, 0.1) is 12.8 Å². The van der Waals surface area contributed by atoms with Gasteiger partial charge in [0, 0.05) is 41.9 Å². The van der Waals surface area contributed by atoms with E-state index in [1.807, 2.05) is 6.92 Å². The average molecular weight is 443 g/mol. The van der Waals surface area contributed by atoms with Crippen molar-refractivity contribution in [2.24, 2.45) is 5.92 Å². The van der Waals surface area contributed by atoms with Gasteiger partial charge in [-0.3, -0.25) is 4.79 Å². The highest BCUT2D eigenvalue weighted by atomic mass is 16.5. The number of ketones is 1. The summed E-state index contributed by atoms with van der Waals surface area (Å²) in [5, 5.41) is 32.7. The summed E-state index contributed by atoms with van der Waals surface area (Å²) < 4.78 is 11.2. The Morgan fingerprint density at radius 2 is 1.81 bits per heavy atom. The number of phenols is 2. The molecule has 0 unspecified atom stereocenters. The van der Waals surface area contributed by atoms with E-state index in [0.717, 1.165) is 0 Å². The Morgan fingerprint density at radius 1 is 1.16 bits per heavy atom. The van der Waals surface area contributed by atoms with Gasteiger partial charge in [-0.1, -0.05) is 27.4 Å². The molecule has 1 aromatic carbocycles. The van der Waals surface area contributed by atoms with Crippen LogP contribution in [0.5, 0.6) is 23.0 Å². The van der Waals surface area contributed by atoms with E-state index < -0.39 is 17.5 Å². The molecule has 0 spiro atoms. The minimum atomic E-state index is -0.755. The standard InChI is InChI=1S/C25H30O7/c1-7-12(5)20(26)19-23(29)14(22(28)15-10-18(11(3)4)31-24(15)19)9-16-21(27)13(6)17(8-2)32-25(16)30/h12,18,27-29H,3,7-10H2,1-2,4-6H3/t12-,18+/m0/s1. The molecule has 0 radical (unpaired) electrons. The summed E-state index contributed by atoms with van der Waals surface area (Å²) in [6.07, 6.45) is 0.507. The molecule has 0 bridgehead atoms. The molecule has 1 aliphatic heterocycles. The highest BCUT2D eigenvalue weighted by molar-refractivity contribution is 6.04. The summed E-state index contributed by atoms with van der Waals surface area (Å²) in [6.45, 7) is 12.7. The highest BCUT2D eigenvalue weighted by Gasteiger charge is 2.37. The van der Waals surface area contributed by atoms with Crippen molar-refractivity contribution in [2.45, 2.75) is 66.4 Å². The van der Waals surface area contributed by atoms with Crippen LogP contribution in [-0.2, 0) is 19.3 Å². The molecule has 2 atom stereocenters. The van der Waals surface area contributed by atoms with Crippen molar-refractivity contribution in [1.82, 2.24) is 0 Å². The molecule has 1 aromatic heterocycles. The van der Waals surface area contributed by atoms with Gasteiger partial charge >= 0.3 is 5.63 Å². The van der Waals surface area contributed by atoms with Crippen molar-refractivity contribution in [1.29, 1.82) is 0 Å². The molecule has 0 fully saturated rings. The van der Waals surface area contributed by atoms with Crippen molar-refractivity contribution in [2.75, 3.05) is 0 Å². The number of benzene rings is 1. The molecular formula is C25H30O7. The van der Waals surface area contributed by atoms with Crippen LogP contribution in [0.25, 0.3) is 0 Å². The Hall–Kier alpha value is -3.22. The number of carbonyl (C=O) groups is 1. The minimum absolute atomic E-state index is 0.0170. The summed E-state index contributed by atoms with van der Waals surface area (Å²) in [6, 6.07) is 0. The van der Waals surface area contributed by atoms with Crippen molar-refractivity contribution >= 4 is 5.78 Å². The Labute approximate surface area is 187 Å². The lowest BCUT2D eigenvalue weighted by Crippen LogP contribution is -2.16. The minimum Gasteiger partial charge on any atom is -0.507 e. The maximum atomic E-state index is 13.1. The summed E-state index contributed by atoms with van der Waals surface area (Å²) >= 11 is 0. The third-order valence-corrected chi connectivity index (χ3v) is 6.30. The summed E-state index contributed by atoms with van der Waals surface area (Å²) in [7, 11) is 0. The smallest absolute Gasteiger partial charge is 0.343 e. The molecule has 0 amide bonds. The monoisotopic (exact) mass is 442 g/mol. The molecule has 7 nitrogen and oxygen atoms in total. The number of rotatable bonds is 7. The third kappa shape index (κ3) is 3.76. The van der Waals surface area contributed by atoms with Crippen LogP contribution in [0.2, 0.25) is 0 Å². The van der Waals surface area contributed by atoms with E-state index in [0.29, 0.717) is 35.3 Å². The number of carbonyl (C=O) groups excluding carboxylic acids is 1. The lowest BCUT2D eigenvalue weighted by Gasteiger charge is -2.18. The first-order chi connectivity index (χ1) is 15.0. The number of Topliss-reactive ketones (excluding diaryl/α,β-unsaturated/α-hetero) is 1. The van der Waals surface area contributed by atoms with Crippen molar-refractivity contribution < 1.29 is 29.3 Å². The maximum absolute atomic E-state index is 13.1. The lowest BCUT2D eigenvalue weighted by molar-refractivity contribution is 0.0919. The zero-order valence-corrected chi connectivity index (χ0v) is 19.2. The summed E-state index contributed by atoms with van der Waals surface area (Å²) in [4.78, 5) is 25.7. The van der Waals surface area contributed by atoms with Gasteiger partial charge in [0.15, 0.2) is 5.78 Å². The van der Waals surface area contributed by atoms with Gasteiger partial charge in [-0.2, -0.15) is 0 Å². The van der Waals surface area contributed by atoms with Gasteiger partial charge in [-0.05, 0) is 25.8 Å². The first-order valence-corrected chi connectivity index (χ1v) is 10.8. The van der Waals surface area contributed by atoms with Gasteiger partial charge in [0.25, 0.3) is 0 Å². The SMILES string of the molecule is C=C(C)[C@H]1Cc2c(O)c(Cc3c(O)c(C)c(CC)oc3=O)c(O)c(C(=O)[C@@H](C)CC)c2O1. The predicted octanol–water partition coefficient (Wildman–Crippen LogP) is 4.33. The Kier molecular flexibility index (Phi) is 6.39. The highest BCUT2D eigenvalue weighted by Crippen LogP contribution is 2.49. The predicted molar refractivity (Wildman–Crippen MR) is 120 cm³/mol. The Balaban J connectivity index is 2.24. The van der Waals surface area contributed by atoms with E-state index in [-0.39, 0.29) is 58.5 Å². The zero-order valence-electron chi connectivity index (χ0n) is 19.2. The fraction of sp³-hybridized carbons (Fsp3) is 0.440. The van der Waals surface area contributed by atoms with E-state index in [1.165, 1.54) is 0 Å². The normalized spacial score (nSPS) is 15.8. The maximum Gasteiger partial charge on any atom is 0.343 e. The van der Waals surface area contributed by atoms with E-state index in [4.69, 9.17) is 9.15 Å². The molecule has 1 aliphatic rings. The summed E-state index contributed by atoms with van der Waals surface area (Å²) in [5.74, 6) is -1.16. The molecule has 32 heavy (non-hydrogen) atoms. The van der Waals surface area contributed by atoms with Gasteiger partial charge < -0.3 is 24.5 Å². The third-order valence-electron chi connectivity index (χ3n) is 6.30. The second-order valence-corrected chi connectivity index (χ2v) is 8.48. The van der Waals surface area contributed by atoms with Crippen LogP contribution in [0.3, 0.4) is 0 Å². The quantitative estimate of drug-likeness (QED) is 0.432. The number of hydrogen-bond donors (Lipinski definition) is 3. The Bertz CT molecular complexity index is 1160. The molecule has 172 valence electrons. The molecule has 0 aliphatic carbocycles. The molecule has 0 saturated carbocycles. The fourth-order valence-corrected chi connectivity index (χ4v) is 3.98. The number of aryl methyl sites for hydroxylation is 1. The van der Waals surface area contributed by atoms with Crippen LogP contribution < -0.4 is 10.4 Å². The van der Waals surface area contributed by atoms with Crippen molar-refractivity contribution in [3.05, 3.63) is 56.1 Å². The van der Waals surface area contributed by atoms with Gasteiger partial charge in [-0.25, -0.2) is 4.79 Å². The largest absolute Gasteiger partial charge is 0.507 e. The van der Waals surface area contributed by atoms with Crippen LogP contribution in [0.4, 0.5) is 0 Å². The molecule has 3 rings (SSSR count).